The van der Waals surface area contributed by atoms with Crippen molar-refractivity contribution in [2.24, 2.45) is 7.05 Å². The third kappa shape index (κ3) is 3.25. The topological polar surface area (TPSA) is 42.7 Å². The van der Waals surface area contributed by atoms with E-state index in [9.17, 15) is 0 Å². The Morgan fingerprint density at radius 1 is 1.15 bits per heavy atom. The lowest BCUT2D eigenvalue weighted by atomic mass is 9.96. The molecule has 0 aliphatic rings. The second-order valence-electron chi connectivity index (χ2n) is 5.58. The van der Waals surface area contributed by atoms with Crippen molar-refractivity contribution in [2.45, 2.75) is 40.2 Å². The number of nitrogens with zero attached hydrogens (tertiary/aromatic N) is 3. The molecule has 0 amide bonds. The van der Waals surface area contributed by atoms with Crippen molar-refractivity contribution >= 4 is 0 Å². The molecule has 108 valence electrons. The summed E-state index contributed by atoms with van der Waals surface area (Å²) in [5.41, 5.74) is 5.45. The quantitative estimate of drug-likeness (QED) is 0.910. The maximum absolute atomic E-state index is 4.10. The van der Waals surface area contributed by atoms with E-state index in [1.807, 2.05) is 11.6 Å². The summed E-state index contributed by atoms with van der Waals surface area (Å²) in [7, 11) is 1.98. The Hall–Kier alpha value is -1.68. The summed E-state index contributed by atoms with van der Waals surface area (Å²) in [5, 5.41) is 11.6. The number of rotatable bonds is 5. The lowest BCUT2D eigenvalue weighted by Crippen LogP contribution is -2.23. The maximum Gasteiger partial charge on any atom is 0.133 e. The number of benzene rings is 1. The van der Waals surface area contributed by atoms with Gasteiger partial charge in [-0.3, -0.25) is 0 Å². The Morgan fingerprint density at radius 2 is 1.85 bits per heavy atom. The van der Waals surface area contributed by atoms with Crippen LogP contribution in [0.3, 0.4) is 0 Å². The molecule has 1 atom stereocenters. The largest absolute Gasteiger partial charge is 0.321 e. The number of aromatic nitrogens is 3. The third-order valence-corrected chi connectivity index (χ3v) is 3.95. The molecule has 0 fully saturated rings. The van der Waals surface area contributed by atoms with E-state index < -0.39 is 0 Å². The van der Waals surface area contributed by atoms with E-state index >= 15 is 0 Å². The molecular weight excluding hydrogens is 248 g/mol. The van der Waals surface area contributed by atoms with Gasteiger partial charge in [0.15, 0.2) is 0 Å². The summed E-state index contributed by atoms with van der Waals surface area (Å²) in [4.78, 5) is 0. The van der Waals surface area contributed by atoms with Crippen LogP contribution < -0.4 is 5.32 Å². The minimum absolute atomic E-state index is 0.350. The SMILES string of the molecule is Cc1cc(C)c(C(C)NCCc2nncn2C)cc1C. The standard InChI is InChI=1S/C16H24N4/c1-11-8-13(3)15(9-12(11)2)14(4)17-7-6-16-19-18-10-20(16)5/h8-10,14,17H,6-7H2,1-5H3. The highest BCUT2D eigenvalue weighted by Crippen LogP contribution is 2.21. The van der Waals surface area contributed by atoms with Gasteiger partial charge in [0.2, 0.25) is 0 Å². The number of nitrogens with one attached hydrogen (secondary N) is 1. The van der Waals surface area contributed by atoms with Crippen molar-refractivity contribution in [3.05, 3.63) is 46.5 Å². The van der Waals surface area contributed by atoms with Gasteiger partial charge in [-0.05, 0) is 49.9 Å². The molecule has 2 aromatic rings. The van der Waals surface area contributed by atoms with Crippen LogP contribution in [-0.4, -0.2) is 21.3 Å². The molecule has 0 saturated heterocycles. The Balaban J connectivity index is 1.97. The van der Waals surface area contributed by atoms with Crippen LogP contribution in [0.1, 0.15) is 41.0 Å². The fourth-order valence-electron chi connectivity index (χ4n) is 2.49. The van der Waals surface area contributed by atoms with Crippen LogP contribution in [0.15, 0.2) is 18.5 Å². The normalized spacial score (nSPS) is 12.7. The summed E-state index contributed by atoms with van der Waals surface area (Å²) in [6.45, 7) is 9.64. The van der Waals surface area contributed by atoms with Gasteiger partial charge >= 0.3 is 0 Å². The molecule has 1 aromatic carbocycles. The van der Waals surface area contributed by atoms with E-state index in [0.29, 0.717) is 6.04 Å². The predicted octanol–water partition coefficient (Wildman–Crippen LogP) is 2.63. The fraction of sp³-hybridized carbons (Fsp3) is 0.500. The Labute approximate surface area is 121 Å². The first kappa shape index (κ1) is 14.7. The van der Waals surface area contributed by atoms with Gasteiger partial charge in [-0.2, -0.15) is 0 Å². The van der Waals surface area contributed by atoms with Gasteiger partial charge in [-0.25, -0.2) is 0 Å². The summed E-state index contributed by atoms with van der Waals surface area (Å²) in [5.74, 6) is 1.02. The van der Waals surface area contributed by atoms with Gasteiger partial charge in [-0.1, -0.05) is 12.1 Å². The lowest BCUT2D eigenvalue weighted by molar-refractivity contribution is 0.562. The molecule has 0 saturated carbocycles. The predicted molar refractivity (Wildman–Crippen MR) is 81.8 cm³/mol. The van der Waals surface area contributed by atoms with Gasteiger partial charge in [0.1, 0.15) is 12.2 Å². The highest BCUT2D eigenvalue weighted by Gasteiger charge is 2.10. The molecule has 1 heterocycles. The van der Waals surface area contributed by atoms with E-state index in [2.05, 4.69) is 55.3 Å². The summed E-state index contributed by atoms with van der Waals surface area (Å²) >= 11 is 0. The van der Waals surface area contributed by atoms with Crippen LogP contribution in [0.2, 0.25) is 0 Å². The molecule has 0 radical (unpaired) electrons. The molecule has 1 aromatic heterocycles. The first-order chi connectivity index (χ1) is 9.49. The zero-order valence-electron chi connectivity index (χ0n) is 13.1. The van der Waals surface area contributed by atoms with Gasteiger partial charge in [0, 0.05) is 26.1 Å². The Bertz CT molecular complexity index is 586. The number of aryl methyl sites for hydroxylation is 4. The van der Waals surface area contributed by atoms with Crippen molar-refractivity contribution in [1.29, 1.82) is 0 Å². The van der Waals surface area contributed by atoms with Crippen molar-refractivity contribution in [1.82, 2.24) is 20.1 Å². The third-order valence-electron chi connectivity index (χ3n) is 3.95. The van der Waals surface area contributed by atoms with Crippen molar-refractivity contribution in [2.75, 3.05) is 6.54 Å². The molecule has 4 nitrogen and oxygen atoms in total. The molecule has 0 spiro atoms. The minimum atomic E-state index is 0.350. The maximum atomic E-state index is 4.10. The smallest absolute Gasteiger partial charge is 0.133 e. The van der Waals surface area contributed by atoms with Crippen molar-refractivity contribution in [3.8, 4) is 0 Å². The van der Waals surface area contributed by atoms with Crippen LogP contribution >= 0.6 is 0 Å². The van der Waals surface area contributed by atoms with E-state index in [-0.39, 0.29) is 0 Å². The molecule has 0 bridgehead atoms. The van der Waals surface area contributed by atoms with E-state index in [0.717, 1.165) is 18.8 Å². The zero-order valence-corrected chi connectivity index (χ0v) is 13.1. The average molecular weight is 272 g/mol. The molecule has 0 aliphatic heterocycles. The van der Waals surface area contributed by atoms with Crippen LogP contribution in [0, 0.1) is 20.8 Å². The molecule has 1 unspecified atom stereocenters. The van der Waals surface area contributed by atoms with Crippen LogP contribution in [0.25, 0.3) is 0 Å². The van der Waals surface area contributed by atoms with Crippen LogP contribution in [0.5, 0.6) is 0 Å². The van der Waals surface area contributed by atoms with E-state index in [4.69, 9.17) is 0 Å². The van der Waals surface area contributed by atoms with Gasteiger partial charge in [-0.15, -0.1) is 10.2 Å². The second-order valence-corrected chi connectivity index (χ2v) is 5.58. The molecule has 1 N–H and O–H groups in total. The Kier molecular flexibility index (Phi) is 4.55. The highest BCUT2D eigenvalue weighted by atomic mass is 15.2. The highest BCUT2D eigenvalue weighted by molar-refractivity contribution is 5.38. The molecule has 4 heteroatoms. The van der Waals surface area contributed by atoms with E-state index in [1.165, 1.54) is 22.3 Å². The van der Waals surface area contributed by atoms with E-state index in [1.54, 1.807) is 6.33 Å². The fourth-order valence-corrected chi connectivity index (χ4v) is 2.49. The monoisotopic (exact) mass is 272 g/mol. The summed E-state index contributed by atoms with van der Waals surface area (Å²) in [6.07, 6.45) is 2.64. The van der Waals surface area contributed by atoms with Crippen molar-refractivity contribution in [3.63, 3.8) is 0 Å². The average Bonchev–Trinajstić information content (AvgIpc) is 2.79. The summed E-state index contributed by atoms with van der Waals surface area (Å²) < 4.78 is 1.97. The molecular formula is C16H24N4. The lowest BCUT2D eigenvalue weighted by Gasteiger charge is -2.18. The number of hydrogen-bond donors (Lipinski definition) is 1. The Morgan fingerprint density at radius 3 is 2.50 bits per heavy atom. The number of hydrogen-bond acceptors (Lipinski definition) is 3. The van der Waals surface area contributed by atoms with Gasteiger partial charge in [0.25, 0.3) is 0 Å². The van der Waals surface area contributed by atoms with Crippen LogP contribution in [0.4, 0.5) is 0 Å². The van der Waals surface area contributed by atoms with Crippen molar-refractivity contribution < 1.29 is 0 Å². The van der Waals surface area contributed by atoms with Gasteiger partial charge in [0.05, 0.1) is 0 Å². The summed E-state index contributed by atoms with van der Waals surface area (Å²) in [6, 6.07) is 4.92. The molecule has 0 aliphatic carbocycles. The molecule has 20 heavy (non-hydrogen) atoms. The first-order valence-corrected chi connectivity index (χ1v) is 7.13. The zero-order chi connectivity index (χ0) is 14.7. The minimum Gasteiger partial charge on any atom is -0.321 e. The first-order valence-electron chi connectivity index (χ1n) is 7.13. The van der Waals surface area contributed by atoms with Gasteiger partial charge < -0.3 is 9.88 Å². The molecule has 2 rings (SSSR count). The second kappa shape index (κ2) is 6.18. The van der Waals surface area contributed by atoms with Crippen LogP contribution in [-0.2, 0) is 13.5 Å².